The highest BCUT2D eigenvalue weighted by atomic mass is 16.5. The summed E-state index contributed by atoms with van der Waals surface area (Å²) < 4.78 is 5.56. The van der Waals surface area contributed by atoms with Crippen molar-refractivity contribution in [2.24, 2.45) is 5.41 Å². The van der Waals surface area contributed by atoms with Crippen LogP contribution in [0.5, 0.6) is 0 Å². The normalized spacial score (nSPS) is 17.4. The van der Waals surface area contributed by atoms with Gasteiger partial charge in [0, 0.05) is 25.0 Å². The van der Waals surface area contributed by atoms with E-state index in [9.17, 15) is 14.4 Å². The summed E-state index contributed by atoms with van der Waals surface area (Å²) in [4.78, 5) is 38.3. The number of alkyl carbamates (subject to hydrolysis) is 1. The second-order valence-electron chi connectivity index (χ2n) is 9.46. The molecule has 7 nitrogen and oxygen atoms in total. The fourth-order valence-electron chi connectivity index (χ4n) is 4.92. The molecule has 1 unspecified atom stereocenters. The van der Waals surface area contributed by atoms with Gasteiger partial charge in [0.2, 0.25) is 5.91 Å². The molecule has 1 saturated heterocycles. The zero-order valence-electron chi connectivity index (χ0n) is 19.0. The second kappa shape index (κ2) is 9.25. The maximum atomic E-state index is 13.1. The van der Waals surface area contributed by atoms with Crippen molar-refractivity contribution in [2.75, 3.05) is 19.7 Å². The minimum Gasteiger partial charge on any atom is -0.481 e. The molecule has 2 aliphatic rings. The van der Waals surface area contributed by atoms with Gasteiger partial charge < -0.3 is 20.1 Å². The van der Waals surface area contributed by atoms with Crippen molar-refractivity contribution in [1.29, 1.82) is 0 Å². The number of hydrogen-bond donors (Lipinski definition) is 2. The van der Waals surface area contributed by atoms with Gasteiger partial charge >= 0.3 is 12.1 Å². The van der Waals surface area contributed by atoms with Gasteiger partial charge in [-0.3, -0.25) is 9.59 Å². The number of nitrogens with zero attached hydrogens (tertiary/aromatic N) is 1. The molecule has 7 heteroatoms. The monoisotopic (exact) mass is 450 g/mol. The largest absolute Gasteiger partial charge is 0.481 e. The molecule has 1 atom stereocenters. The van der Waals surface area contributed by atoms with Crippen LogP contribution < -0.4 is 5.32 Å². The number of carbonyl (C=O) groups is 3. The number of aliphatic carboxylic acids is 1. The lowest BCUT2D eigenvalue weighted by Gasteiger charge is -2.32. The predicted octanol–water partition coefficient (Wildman–Crippen LogP) is 4.02. The van der Waals surface area contributed by atoms with Crippen LogP contribution in [0.1, 0.15) is 50.2 Å². The lowest BCUT2D eigenvalue weighted by molar-refractivity contribution is -0.143. The molecule has 0 aromatic heterocycles. The van der Waals surface area contributed by atoms with E-state index in [1.165, 1.54) is 0 Å². The topological polar surface area (TPSA) is 95.9 Å². The first-order chi connectivity index (χ1) is 15.8. The zero-order chi connectivity index (χ0) is 23.6. The Hall–Kier alpha value is -3.35. The van der Waals surface area contributed by atoms with E-state index in [1.807, 2.05) is 24.3 Å². The number of ether oxygens (including phenoxy) is 1. The van der Waals surface area contributed by atoms with E-state index in [0.717, 1.165) is 28.7 Å². The predicted molar refractivity (Wildman–Crippen MR) is 124 cm³/mol. The van der Waals surface area contributed by atoms with Crippen LogP contribution in [0.3, 0.4) is 0 Å². The standard InChI is InChI=1S/C26H30N2O5/c1-26(2,24(31)28-13-7-8-17(28)14-23(29)30)16-27-25(32)33-15-22-20-11-5-3-9-18(20)19-10-4-6-12-21(19)22/h3-6,9-12,17,22H,7-8,13-16H2,1-2H3,(H,27,32)(H,29,30). The molecule has 2 N–H and O–H groups in total. The number of carbonyl (C=O) groups excluding carboxylic acids is 2. The van der Waals surface area contributed by atoms with Gasteiger partial charge in [-0.05, 0) is 48.9 Å². The molecule has 33 heavy (non-hydrogen) atoms. The van der Waals surface area contributed by atoms with Crippen molar-refractivity contribution in [2.45, 2.75) is 45.1 Å². The average Bonchev–Trinajstić information content (AvgIpc) is 3.37. The minimum atomic E-state index is -0.908. The Labute approximate surface area is 193 Å². The van der Waals surface area contributed by atoms with Crippen LogP contribution in [0.15, 0.2) is 48.5 Å². The second-order valence-corrected chi connectivity index (χ2v) is 9.46. The minimum absolute atomic E-state index is 0.0285. The number of hydrogen-bond acceptors (Lipinski definition) is 4. The maximum Gasteiger partial charge on any atom is 0.407 e. The summed E-state index contributed by atoms with van der Waals surface area (Å²) in [5.74, 6) is -1.08. The number of likely N-dealkylation sites (tertiary alicyclic amines) is 1. The number of rotatable bonds is 7. The fraction of sp³-hybridized carbons (Fsp3) is 0.423. The van der Waals surface area contributed by atoms with Crippen molar-refractivity contribution in [3.05, 3.63) is 59.7 Å². The summed E-state index contributed by atoms with van der Waals surface area (Å²) in [5.41, 5.74) is 3.74. The molecule has 174 valence electrons. The summed E-state index contributed by atoms with van der Waals surface area (Å²) in [6, 6.07) is 16.0. The smallest absolute Gasteiger partial charge is 0.407 e. The lowest BCUT2D eigenvalue weighted by Crippen LogP contribution is -2.49. The quantitative estimate of drug-likeness (QED) is 0.664. The average molecular weight is 451 g/mol. The van der Waals surface area contributed by atoms with E-state index in [-0.39, 0.29) is 37.4 Å². The Bertz CT molecular complexity index is 1020. The number of nitrogens with one attached hydrogen (secondary N) is 1. The Morgan fingerprint density at radius 2 is 1.67 bits per heavy atom. The van der Waals surface area contributed by atoms with E-state index in [0.29, 0.717) is 13.0 Å². The highest BCUT2D eigenvalue weighted by Crippen LogP contribution is 2.44. The van der Waals surface area contributed by atoms with Crippen molar-refractivity contribution in [1.82, 2.24) is 10.2 Å². The Morgan fingerprint density at radius 1 is 1.06 bits per heavy atom. The molecule has 2 aromatic carbocycles. The van der Waals surface area contributed by atoms with Crippen LogP contribution in [-0.4, -0.2) is 53.7 Å². The molecule has 1 aliphatic carbocycles. The van der Waals surface area contributed by atoms with Gasteiger partial charge in [0.05, 0.1) is 11.8 Å². The van der Waals surface area contributed by atoms with Gasteiger partial charge in [0.15, 0.2) is 0 Å². The zero-order valence-corrected chi connectivity index (χ0v) is 19.0. The van der Waals surface area contributed by atoms with E-state index in [1.54, 1.807) is 18.7 Å². The number of carboxylic acids is 1. The molecule has 4 rings (SSSR count). The first-order valence-electron chi connectivity index (χ1n) is 11.4. The first kappa shape index (κ1) is 22.8. The maximum absolute atomic E-state index is 13.1. The van der Waals surface area contributed by atoms with E-state index in [4.69, 9.17) is 9.84 Å². The van der Waals surface area contributed by atoms with Crippen molar-refractivity contribution >= 4 is 18.0 Å². The molecule has 0 saturated carbocycles. The van der Waals surface area contributed by atoms with Crippen LogP contribution in [-0.2, 0) is 14.3 Å². The number of carboxylic acid groups (broad SMARTS) is 1. The van der Waals surface area contributed by atoms with E-state index >= 15 is 0 Å². The Kier molecular flexibility index (Phi) is 6.40. The molecule has 0 bridgehead atoms. The lowest BCUT2D eigenvalue weighted by atomic mass is 9.91. The Morgan fingerprint density at radius 3 is 2.27 bits per heavy atom. The van der Waals surface area contributed by atoms with Gasteiger partial charge in [-0.25, -0.2) is 4.79 Å². The number of benzene rings is 2. The third-order valence-corrected chi connectivity index (χ3v) is 6.65. The Balaban J connectivity index is 1.34. The first-order valence-corrected chi connectivity index (χ1v) is 11.4. The third-order valence-electron chi connectivity index (χ3n) is 6.65. The van der Waals surface area contributed by atoms with Crippen molar-refractivity contribution in [3.63, 3.8) is 0 Å². The van der Waals surface area contributed by atoms with Crippen LogP contribution in [0, 0.1) is 5.41 Å². The van der Waals surface area contributed by atoms with Crippen LogP contribution in [0.4, 0.5) is 4.79 Å². The molecule has 0 radical (unpaired) electrons. The third kappa shape index (κ3) is 4.72. The molecule has 0 spiro atoms. The van der Waals surface area contributed by atoms with Crippen LogP contribution >= 0.6 is 0 Å². The molecular weight excluding hydrogens is 420 g/mol. The molecule has 2 aromatic rings. The summed E-state index contributed by atoms with van der Waals surface area (Å²) in [6.45, 7) is 4.38. The fourth-order valence-corrected chi connectivity index (χ4v) is 4.92. The highest BCUT2D eigenvalue weighted by molar-refractivity contribution is 5.84. The number of amides is 2. The summed E-state index contributed by atoms with van der Waals surface area (Å²) >= 11 is 0. The van der Waals surface area contributed by atoms with Crippen LogP contribution in [0.25, 0.3) is 11.1 Å². The summed E-state index contributed by atoms with van der Waals surface area (Å²) in [6.07, 6.45) is 0.857. The molecule has 1 aliphatic heterocycles. The van der Waals surface area contributed by atoms with Gasteiger partial charge in [-0.1, -0.05) is 48.5 Å². The molecule has 1 fully saturated rings. The van der Waals surface area contributed by atoms with Gasteiger partial charge in [0.1, 0.15) is 6.61 Å². The van der Waals surface area contributed by atoms with Crippen molar-refractivity contribution in [3.8, 4) is 11.1 Å². The van der Waals surface area contributed by atoms with Crippen molar-refractivity contribution < 1.29 is 24.2 Å². The SMILES string of the molecule is CC(C)(CNC(=O)OCC1c2ccccc2-c2ccccc21)C(=O)N1CCCC1CC(=O)O. The molecular formula is C26H30N2O5. The molecule has 2 amide bonds. The van der Waals surface area contributed by atoms with Crippen LogP contribution in [0.2, 0.25) is 0 Å². The summed E-state index contributed by atoms with van der Waals surface area (Å²) in [7, 11) is 0. The van der Waals surface area contributed by atoms with Gasteiger partial charge in [0.25, 0.3) is 0 Å². The molecule has 1 heterocycles. The van der Waals surface area contributed by atoms with E-state index < -0.39 is 17.5 Å². The van der Waals surface area contributed by atoms with Gasteiger partial charge in [-0.15, -0.1) is 0 Å². The summed E-state index contributed by atoms with van der Waals surface area (Å²) in [5, 5.41) is 11.8. The number of fused-ring (bicyclic) bond motifs is 3. The van der Waals surface area contributed by atoms with E-state index in [2.05, 4.69) is 29.6 Å². The highest BCUT2D eigenvalue weighted by Gasteiger charge is 2.39. The van der Waals surface area contributed by atoms with Gasteiger partial charge in [-0.2, -0.15) is 0 Å².